The van der Waals surface area contributed by atoms with Crippen LogP contribution in [-0.4, -0.2) is 23.5 Å². The molecule has 2 fully saturated rings. The van der Waals surface area contributed by atoms with Crippen LogP contribution >= 0.6 is 0 Å². The molecule has 2 aliphatic rings. The van der Waals surface area contributed by atoms with Gasteiger partial charge in [-0.15, -0.1) is 6.54 Å². The Morgan fingerprint density at radius 2 is 1.68 bits per heavy atom. The van der Waals surface area contributed by atoms with E-state index in [1.54, 1.807) is 0 Å². The Hall–Kier alpha value is -2.72. The number of fused-ring (bicyclic) bond motifs is 1. The fraction of sp³-hybridized carbons (Fsp3) is 0.515. The van der Waals surface area contributed by atoms with Crippen LogP contribution in [0, 0.1) is 17.8 Å². The zero-order chi connectivity index (χ0) is 25.6. The predicted molar refractivity (Wildman–Crippen MR) is 151 cm³/mol. The van der Waals surface area contributed by atoms with Gasteiger partial charge in [0.1, 0.15) is 6.10 Å². The Kier molecular flexibility index (Phi) is 8.55. The van der Waals surface area contributed by atoms with Gasteiger partial charge in [0.15, 0.2) is 0 Å². The molecule has 0 radical (unpaired) electrons. The van der Waals surface area contributed by atoms with Crippen molar-refractivity contribution in [3.05, 3.63) is 83.3 Å². The monoisotopic (exact) mass is 497 g/mol. The largest absolute Gasteiger partial charge is 0.656 e. The third-order valence-corrected chi connectivity index (χ3v) is 8.95. The number of carbonyl (C=O) groups is 1. The standard InChI is InChI=1S/C33H41N2O2/c1-3-23-21-30(35-22-24(23)4-2)32(28-19-20-34-29-18-12-11-17-27(28)29)37-33(36)31(25-13-7-5-8-14-25)26-15-9-6-10-16-26/h5,7-8,11-14,17-20,23-24,26,30-32H,3-4,6,9-10,15-16,21-22H2,1-2H3/q-1/t23-,24-,30+,31?,32?/m0/s1. The van der Waals surface area contributed by atoms with Gasteiger partial charge >= 0.3 is 5.97 Å². The van der Waals surface area contributed by atoms with E-state index in [-0.39, 0.29) is 17.9 Å². The van der Waals surface area contributed by atoms with Crippen molar-refractivity contribution in [2.75, 3.05) is 6.54 Å². The van der Waals surface area contributed by atoms with Gasteiger partial charge in [0, 0.05) is 17.1 Å². The molecule has 1 saturated carbocycles. The number of aromatic nitrogens is 1. The fourth-order valence-corrected chi connectivity index (χ4v) is 6.82. The van der Waals surface area contributed by atoms with Gasteiger partial charge in [-0.25, -0.2) is 0 Å². The molecule has 4 heteroatoms. The van der Waals surface area contributed by atoms with E-state index in [0.717, 1.165) is 60.7 Å². The first-order valence-electron chi connectivity index (χ1n) is 14.4. The number of hydrogen-bond acceptors (Lipinski definition) is 3. The Morgan fingerprint density at radius 1 is 0.946 bits per heavy atom. The summed E-state index contributed by atoms with van der Waals surface area (Å²) in [5.74, 6) is 1.22. The molecule has 1 aromatic heterocycles. The van der Waals surface area contributed by atoms with E-state index in [4.69, 9.17) is 10.1 Å². The highest BCUT2D eigenvalue weighted by Gasteiger charge is 2.36. The first kappa shape index (κ1) is 25.9. The number of nitrogens with zero attached hydrogens (tertiary/aromatic N) is 2. The van der Waals surface area contributed by atoms with Gasteiger partial charge in [-0.3, -0.25) is 9.78 Å². The van der Waals surface area contributed by atoms with Gasteiger partial charge < -0.3 is 10.1 Å². The number of pyridine rings is 1. The third-order valence-electron chi connectivity index (χ3n) is 8.95. The number of piperidine rings is 1. The lowest BCUT2D eigenvalue weighted by atomic mass is 9.76. The van der Waals surface area contributed by atoms with Gasteiger partial charge in [-0.05, 0) is 42.4 Å². The molecule has 37 heavy (non-hydrogen) atoms. The maximum absolute atomic E-state index is 14.2. The van der Waals surface area contributed by atoms with Crippen molar-refractivity contribution in [1.82, 2.24) is 4.98 Å². The minimum Gasteiger partial charge on any atom is -0.656 e. The van der Waals surface area contributed by atoms with Crippen LogP contribution in [0.2, 0.25) is 0 Å². The van der Waals surface area contributed by atoms with E-state index >= 15 is 0 Å². The van der Waals surface area contributed by atoms with Crippen molar-refractivity contribution in [3.8, 4) is 0 Å². The van der Waals surface area contributed by atoms with E-state index in [1.165, 1.54) is 19.3 Å². The number of benzene rings is 2. The quantitative estimate of drug-likeness (QED) is 0.294. The van der Waals surface area contributed by atoms with Gasteiger partial charge in [0.05, 0.1) is 11.4 Å². The van der Waals surface area contributed by atoms with Crippen LogP contribution in [0.4, 0.5) is 0 Å². The van der Waals surface area contributed by atoms with Crippen LogP contribution in [0.5, 0.6) is 0 Å². The highest BCUT2D eigenvalue weighted by Crippen LogP contribution is 2.43. The molecule has 0 bridgehead atoms. The van der Waals surface area contributed by atoms with E-state index in [2.05, 4.69) is 37.0 Å². The molecule has 0 spiro atoms. The van der Waals surface area contributed by atoms with Crippen LogP contribution in [-0.2, 0) is 9.53 Å². The summed E-state index contributed by atoms with van der Waals surface area (Å²) >= 11 is 0. The Labute approximate surface area is 222 Å². The zero-order valence-electron chi connectivity index (χ0n) is 22.4. The summed E-state index contributed by atoms with van der Waals surface area (Å²) in [6.07, 6.45) is 10.5. The highest BCUT2D eigenvalue weighted by molar-refractivity contribution is 5.84. The van der Waals surface area contributed by atoms with Crippen LogP contribution in [0.1, 0.15) is 88.4 Å². The summed E-state index contributed by atoms with van der Waals surface area (Å²) in [7, 11) is 0. The van der Waals surface area contributed by atoms with Crippen molar-refractivity contribution in [3.63, 3.8) is 0 Å². The van der Waals surface area contributed by atoms with E-state index in [1.807, 2.05) is 48.7 Å². The number of esters is 1. The second kappa shape index (κ2) is 12.2. The lowest BCUT2D eigenvalue weighted by molar-refractivity contribution is -0.154. The first-order valence-corrected chi connectivity index (χ1v) is 14.4. The molecule has 4 nitrogen and oxygen atoms in total. The Balaban J connectivity index is 1.51. The summed E-state index contributed by atoms with van der Waals surface area (Å²) < 4.78 is 6.66. The molecule has 5 atom stereocenters. The molecular formula is C33H41N2O2-. The minimum absolute atomic E-state index is 0.0368. The summed E-state index contributed by atoms with van der Waals surface area (Å²) in [5.41, 5.74) is 3.05. The predicted octanol–water partition coefficient (Wildman–Crippen LogP) is 8.38. The second-order valence-electron chi connectivity index (χ2n) is 11.1. The number of para-hydroxylation sites is 1. The maximum Gasteiger partial charge on any atom is 0.314 e. The SMILES string of the molecule is CC[C@H]1C[N-][C@@H](C(OC(=O)C(c2ccccc2)C2CCCCC2)c2ccnc3ccccc23)C[C@@H]1CC. The molecule has 1 aliphatic carbocycles. The topological polar surface area (TPSA) is 53.3 Å². The molecule has 2 aromatic carbocycles. The van der Waals surface area contributed by atoms with Crippen molar-refractivity contribution in [2.45, 2.75) is 83.3 Å². The summed E-state index contributed by atoms with van der Waals surface area (Å²) in [6.45, 7) is 5.40. The van der Waals surface area contributed by atoms with Gasteiger partial charge in [-0.2, -0.15) is 0 Å². The van der Waals surface area contributed by atoms with Crippen molar-refractivity contribution in [1.29, 1.82) is 0 Å². The van der Waals surface area contributed by atoms with Crippen LogP contribution < -0.4 is 0 Å². The van der Waals surface area contributed by atoms with Crippen molar-refractivity contribution < 1.29 is 9.53 Å². The normalized spacial score (nSPS) is 24.4. The molecule has 0 amide bonds. The van der Waals surface area contributed by atoms with Gasteiger partial charge in [0.25, 0.3) is 0 Å². The Bertz CT molecular complexity index is 1150. The molecule has 1 aliphatic heterocycles. The van der Waals surface area contributed by atoms with E-state index in [9.17, 15) is 4.79 Å². The number of rotatable bonds is 8. The second-order valence-corrected chi connectivity index (χ2v) is 11.1. The fourth-order valence-electron chi connectivity index (χ4n) is 6.82. The molecule has 196 valence electrons. The molecule has 5 rings (SSSR count). The van der Waals surface area contributed by atoms with Crippen molar-refractivity contribution >= 4 is 16.9 Å². The molecule has 2 unspecified atom stereocenters. The smallest absolute Gasteiger partial charge is 0.314 e. The maximum atomic E-state index is 14.2. The van der Waals surface area contributed by atoms with Crippen LogP contribution in [0.15, 0.2) is 66.9 Å². The zero-order valence-corrected chi connectivity index (χ0v) is 22.4. The molecule has 0 N–H and O–H groups in total. The lowest BCUT2D eigenvalue weighted by Gasteiger charge is -2.49. The van der Waals surface area contributed by atoms with Crippen LogP contribution in [0.25, 0.3) is 16.2 Å². The van der Waals surface area contributed by atoms with Gasteiger partial charge in [0.2, 0.25) is 0 Å². The number of carbonyl (C=O) groups excluding carboxylic acids is 1. The van der Waals surface area contributed by atoms with Gasteiger partial charge in [-0.1, -0.05) is 113 Å². The molecule has 2 heterocycles. The number of hydrogen-bond donors (Lipinski definition) is 0. The van der Waals surface area contributed by atoms with Crippen LogP contribution in [0.3, 0.4) is 0 Å². The number of ether oxygens (including phenoxy) is 1. The summed E-state index contributed by atoms with van der Waals surface area (Å²) in [6, 6.07) is 20.5. The van der Waals surface area contributed by atoms with E-state index in [0.29, 0.717) is 17.8 Å². The minimum atomic E-state index is -0.401. The molecule has 1 saturated heterocycles. The van der Waals surface area contributed by atoms with Crippen molar-refractivity contribution in [2.24, 2.45) is 17.8 Å². The average molecular weight is 498 g/mol. The summed E-state index contributed by atoms with van der Waals surface area (Å²) in [5, 5.41) is 6.22. The molecule has 3 aromatic rings. The molecular weight excluding hydrogens is 456 g/mol. The first-order chi connectivity index (χ1) is 18.2. The lowest BCUT2D eigenvalue weighted by Crippen LogP contribution is -2.36. The highest BCUT2D eigenvalue weighted by atomic mass is 16.5. The average Bonchev–Trinajstić information content (AvgIpc) is 2.96. The van der Waals surface area contributed by atoms with E-state index < -0.39 is 6.10 Å². The Morgan fingerprint density at radius 3 is 2.43 bits per heavy atom. The third kappa shape index (κ3) is 5.75. The summed E-state index contributed by atoms with van der Waals surface area (Å²) in [4.78, 5) is 18.8.